The van der Waals surface area contributed by atoms with Crippen molar-refractivity contribution in [3.8, 4) is 11.5 Å². The summed E-state index contributed by atoms with van der Waals surface area (Å²) in [5, 5.41) is 3.85. The van der Waals surface area contributed by atoms with Gasteiger partial charge in [-0.1, -0.05) is 55.8 Å². The van der Waals surface area contributed by atoms with Gasteiger partial charge in [-0.25, -0.2) is 0 Å². The van der Waals surface area contributed by atoms with E-state index in [1.54, 1.807) is 12.1 Å². The molecular weight excluding hydrogens is 346 g/mol. The summed E-state index contributed by atoms with van der Waals surface area (Å²) in [6, 6.07) is 16.8. The van der Waals surface area contributed by atoms with Gasteiger partial charge < -0.3 is 10.1 Å². The first-order valence-electron chi connectivity index (χ1n) is 8.83. The number of allylic oxidation sites excluding steroid dienone is 2. The monoisotopic (exact) mass is 369 g/mol. The molecule has 4 heteroatoms. The molecule has 2 unspecified atom stereocenters. The molecule has 0 bridgehead atoms. The standard InChI is InChI=1S/C22H24ClNO2/c1-15(23)12-19-20(22(19,2)3)14-24-21(25)16-8-7-11-18(13-16)26-17-9-5-4-6-10-17/h4-13,19-20H,14H2,1-3H3,(H,24,25)/b15-12-. The summed E-state index contributed by atoms with van der Waals surface area (Å²) in [6.45, 7) is 6.95. The lowest BCUT2D eigenvalue weighted by molar-refractivity contribution is 0.0950. The molecule has 2 aromatic carbocycles. The zero-order chi connectivity index (χ0) is 18.7. The van der Waals surface area contributed by atoms with Crippen LogP contribution in [0.25, 0.3) is 0 Å². The molecule has 1 fully saturated rings. The summed E-state index contributed by atoms with van der Waals surface area (Å²) < 4.78 is 5.80. The molecule has 0 heterocycles. The number of carbonyl (C=O) groups excluding carboxylic acids is 1. The topological polar surface area (TPSA) is 38.3 Å². The quantitative estimate of drug-likeness (QED) is 0.717. The molecule has 1 N–H and O–H groups in total. The van der Waals surface area contributed by atoms with Crippen LogP contribution < -0.4 is 10.1 Å². The SMILES string of the molecule is C/C(Cl)=C/C1C(CNC(=O)c2cccc(Oc3ccccc3)c2)C1(C)C. The summed E-state index contributed by atoms with van der Waals surface area (Å²) in [4.78, 5) is 12.5. The maximum absolute atomic E-state index is 12.5. The van der Waals surface area contributed by atoms with Crippen LogP contribution in [0.1, 0.15) is 31.1 Å². The number of benzene rings is 2. The van der Waals surface area contributed by atoms with Gasteiger partial charge in [0.1, 0.15) is 11.5 Å². The third kappa shape index (κ3) is 4.28. The lowest BCUT2D eigenvalue weighted by Crippen LogP contribution is -2.26. The summed E-state index contributed by atoms with van der Waals surface area (Å²) in [5.74, 6) is 2.12. The summed E-state index contributed by atoms with van der Waals surface area (Å²) in [5.41, 5.74) is 0.763. The van der Waals surface area contributed by atoms with E-state index in [-0.39, 0.29) is 11.3 Å². The Bertz CT molecular complexity index is 810. The number of carbonyl (C=O) groups is 1. The molecule has 0 aliphatic heterocycles. The second-order valence-electron chi connectivity index (χ2n) is 7.36. The Balaban J connectivity index is 1.60. The molecule has 136 valence electrons. The fourth-order valence-corrected chi connectivity index (χ4v) is 3.52. The van der Waals surface area contributed by atoms with Gasteiger partial charge in [-0.3, -0.25) is 4.79 Å². The van der Waals surface area contributed by atoms with Crippen LogP contribution in [0, 0.1) is 17.3 Å². The second kappa shape index (κ2) is 7.55. The number of hydrogen-bond acceptors (Lipinski definition) is 2. The molecule has 1 aliphatic carbocycles. The van der Waals surface area contributed by atoms with Crippen molar-refractivity contribution >= 4 is 17.5 Å². The first kappa shape index (κ1) is 18.5. The van der Waals surface area contributed by atoms with Crippen LogP contribution in [0.3, 0.4) is 0 Å². The number of amides is 1. The van der Waals surface area contributed by atoms with E-state index >= 15 is 0 Å². The molecule has 2 atom stereocenters. The highest BCUT2D eigenvalue weighted by atomic mass is 35.5. The predicted octanol–water partition coefficient (Wildman–Crippen LogP) is 5.62. The zero-order valence-corrected chi connectivity index (χ0v) is 16.1. The van der Waals surface area contributed by atoms with Gasteiger partial charge in [0.25, 0.3) is 5.91 Å². The van der Waals surface area contributed by atoms with Crippen molar-refractivity contribution < 1.29 is 9.53 Å². The van der Waals surface area contributed by atoms with E-state index in [1.165, 1.54) is 0 Å². The van der Waals surface area contributed by atoms with Crippen molar-refractivity contribution in [3.05, 3.63) is 71.3 Å². The van der Waals surface area contributed by atoms with Crippen molar-refractivity contribution in [3.63, 3.8) is 0 Å². The average Bonchev–Trinajstić information content (AvgIpc) is 3.12. The normalized spacial score (nSPS) is 21.2. The van der Waals surface area contributed by atoms with E-state index in [9.17, 15) is 4.79 Å². The molecule has 1 amide bonds. The maximum atomic E-state index is 12.5. The molecule has 0 aromatic heterocycles. The van der Waals surface area contributed by atoms with Crippen LogP contribution in [0.15, 0.2) is 65.7 Å². The van der Waals surface area contributed by atoms with E-state index in [0.717, 1.165) is 10.8 Å². The average molecular weight is 370 g/mol. The van der Waals surface area contributed by atoms with Gasteiger partial charge in [0.05, 0.1) is 0 Å². The number of hydrogen-bond donors (Lipinski definition) is 1. The molecule has 26 heavy (non-hydrogen) atoms. The third-order valence-electron chi connectivity index (χ3n) is 5.11. The fraction of sp³-hybridized carbons (Fsp3) is 0.318. The number of nitrogens with one attached hydrogen (secondary N) is 1. The van der Waals surface area contributed by atoms with Gasteiger partial charge in [0.2, 0.25) is 0 Å². The van der Waals surface area contributed by atoms with Crippen LogP contribution in [0.2, 0.25) is 0 Å². The van der Waals surface area contributed by atoms with Crippen molar-refractivity contribution in [2.75, 3.05) is 6.54 Å². The van der Waals surface area contributed by atoms with Gasteiger partial charge in [-0.15, -0.1) is 0 Å². The summed E-state index contributed by atoms with van der Waals surface area (Å²) in [6.07, 6.45) is 2.09. The molecule has 1 saturated carbocycles. The molecule has 3 nitrogen and oxygen atoms in total. The lowest BCUT2D eigenvalue weighted by atomic mass is 10.1. The van der Waals surface area contributed by atoms with Gasteiger partial charge in [0, 0.05) is 17.1 Å². The maximum Gasteiger partial charge on any atom is 0.251 e. The number of rotatable bonds is 6. The Kier molecular flexibility index (Phi) is 5.38. The van der Waals surface area contributed by atoms with Crippen LogP contribution in [-0.2, 0) is 0 Å². The van der Waals surface area contributed by atoms with Gasteiger partial charge in [-0.2, -0.15) is 0 Å². The second-order valence-corrected chi connectivity index (χ2v) is 7.96. The third-order valence-corrected chi connectivity index (χ3v) is 5.23. The molecule has 0 radical (unpaired) electrons. The van der Waals surface area contributed by atoms with Gasteiger partial charge >= 0.3 is 0 Å². The number of para-hydroxylation sites is 1. The highest BCUT2D eigenvalue weighted by molar-refractivity contribution is 6.29. The van der Waals surface area contributed by atoms with Crippen molar-refractivity contribution in [2.24, 2.45) is 17.3 Å². The first-order valence-corrected chi connectivity index (χ1v) is 9.21. The highest BCUT2D eigenvalue weighted by Gasteiger charge is 2.55. The van der Waals surface area contributed by atoms with Crippen molar-refractivity contribution in [2.45, 2.75) is 20.8 Å². The molecule has 3 rings (SSSR count). The van der Waals surface area contributed by atoms with Crippen LogP contribution in [0.4, 0.5) is 0 Å². The Labute approximate surface area is 160 Å². The largest absolute Gasteiger partial charge is 0.457 e. The van der Waals surface area contributed by atoms with Gasteiger partial charge in [0.15, 0.2) is 0 Å². The van der Waals surface area contributed by atoms with Crippen molar-refractivity contribution in [1.82, 2.24) is 5.32 Å². The van der Waals surface area contributed by atoms with E-state index in [2.05, 4.69) is 25.2 Å². The fourth-order valence-electron chi connectivity index (χ4n) is 3.38. The van der Waals surface area contributed by atoms with E-state index in [0.29, 0.717) is 29.7 Å². The minimum Gasteiger partial charge on any atom is -0.457 e. The summed E-state index contributed by atoms with van der Waals surface area (Å²) >= 11 is 6.01. The van der Waals surface area contributed by atoms with E-state index < -0.39 is 0 Å². The highest BCUT2D eigenvalue weighted by Crippen LogP contribution is 2.59. The van der Waals surface area contributed by atoms with E-state index in [1.807, 2.05) is 49.4 Å². The first-order chi connectivity index (χ1) is 12.4. The smallest absolute Gasteiger partial charge is 0.251 e. The number of ether oxygens (including phenoxy) is 1. The Morgan fingerprint density at radius 2 is 1.85 bits per heavy atom. The zero-order valence-electron chi connectivity index (χ0n) is 15.3. The summed E-state index contributed by atoms with van der Waals surface area (Å²) in [7, 11) is 0. The van der Waals surface area contributed by atoms with Crippen LogP contribution >= 0.6 is 11.6 Å². The lowest BCUT2D eigenvalue weighted by Gasteiger charge is -2.09. The van der Waals surface area contributed by atoms with Crippen LogP contribution in [0.5, 0.6) is 11.5 Å². The predicted molar refractivity (Wildman–Crippen MR) is 106 cm³/mol. The molecule has 0 saturated heterocycles. The minimum atomic E-state index is -0.0865. The Hall–Kier alpha value is -2.26. The van der Waals surface area contributed by atoms with E-state index in [4.69, 9.17) is 16.3 Å². The molecule has 2 aromatic rings. The Morgan fingerprint density at radius 3 is 2.54 bits per heavy atom. The molecule has 0 spiro atoms. The van der Waals surface area contributed by atoms with Crippen LogP contribution in [-0.4, -0.2) is 12.5 Å². The minimum absolute atomic E-state index is 0.0865. The van der Waals surface area contributed by atoms with Gasteiger partial charge in [-0.05, 0) is 54.5 Å². The molecule has 1 aliphatic rings. The Morgan fingerprint density at radius 1 is 1.15 bits per heavy atom. The van der Waals surface area contributed by atoms with Crippen molar-refractivity contribution in [1.29, 1.82) is 0 Å². The number of halogens is 1. The molecular formula is C22H24ClNO2.